The van der Waals surface area contributed by atoms with Crippen LogP contribution in [0.3, 0.4) is 0 Å². The van der Waals surface area contributed by atoms with Gasteiger partial charge in [0.1, 0.15) is 30.4 Å². The van der Waals surface area contributed by atoms with Crippen molar-refractivity contribution >= 4 is 11.8 Å². The van der Waals surface area contributed by atoms with Gasteiger partial charge in [-0.25, -0.2) is 19.4 Å². The van der Waals surface area contributed by atoms with Crippen molar-refractivity contribution < 1.29 is 46.8 Å². The van der Waals surface area contributed by atoms with Gasteiger partial charge in [-0.15, -0.1) is 18.3 Å². The van der Waals surface area contributed by atoms with Gasteiger partial charge in [-0.1, -0.05) is 0 Å². The van der Waals surface area contributed by atoms with Crippen LogP contribution in [0.1, 0.15) is 13.8 Å². The Bertz CT molecular complexity index is 1270. The second kappa shape index (κ2) is 12.2. The number of hydrogen-bond donors (Lipinski definition) is 1. The van der Waals surface area contributed by atoms with E-state index >= 15 is 0 Å². The Balaban J connectivity index is 1.55. The molecule has 4 rings (SSSR count). The largest absolute Gasteiger partial charge is 0.573 e. The molecule has 1 amide bonds. The van der Waals surface area contributed by atoms with E-state index in [2.05, 4.69) is 14.8 Å². The van der Waals surface area contributed by atoms with Crippen LogP contribution >= 0.6 is 0 Å². The van der Waals surface area contributed by atoms with E-state index in [4.69, 9.17) is 18.9 Å². The van der Waals surface area contributed by atoms with E-state index in [9.17, 15) is 23.1 Å². The fourth-order valence-electron chi connectivity index (χ4n) is 4.61. The molecule has 1 N–H and O–H groups in total. The topological polar surface area (TPSA) is 117 Å². The van der Waals surface area contributed by atoms with Gasteiger partial charge in [0, 0.05) is 32.1 Å². The highest BCUT2D eigenvalue weighted by Gasteiger charge is 2.49. The molecular formula is C26H29F3N4O7. The van der Waals surface area contributed by atoms with Crippen LogP contribution in [0.2, 0.25) is 0 Å². The number of anilines is 1. The number of aromatic nitrogens is 3. The maximum Gasteiger partial charge on any atom is 0.573 e. The highest BCUT2D eigenvalue weighted by molar-refractivity contribution is 5.87. The molecule has 3 aromatic rings. The Morgan fingerprint density at radius 2 is 1.70 bits per heavy atom. The van der Waals surface area contributed by atoms with Crippen LogP contribution in [-0.2, 0) is 18.9 Å². The molecule has 0 bridgehead atoms. The molecule has 1 aliphatic rings. The standard InChI is InChI=1S/C26H29F3N4O7/c1-5-38-21-20(36-3)15(2)39-24(22(21)37-4)33(25(34)35)18-8-6-16(7-9-18)23-30-14-32(31-23)17-10-12-19(13-11-17)40-26(27,28)29/h6-15,20-22,24H,5H2,1-4H3,(H,34,35)/t15-,20-,21-,22-,24-/m1/s1. The lowest BCUT2D eigenvalue weighted by molar-refractivity contribution is -0.274. The monoisotopic (exact) mass is 566 g/mol. The van der Waals surface area contributed by atoms with Gasteiger partial charge in [0.25, 0.3) is 0 Å². The lowest BCUT2D eigenvalue weighted by Crippen LogP contribution is -2.64. The molecule has 14 heteroatoms. The third-order valence-corrected chi connectivity index (χ3v) is 6.34. The summed E-state index contributed by atoms with van der Waals surface area (Å²) >= 11 is 0. The van der Waals surface area contributed by atoms with Gasteiger partial charge in [0.15, 0.2) is 12.1 Å². The summed E-state index contributed by atoms with van der Waals surface area (Å²) in [6, 6.07) is 11.6. The molecule has 216 valence electrons. The molecule has 1 aliphatic heterocycles. The Labute approximate surface area is 228 Å². The Hall–Kier alpha value is -3.72. The van der Waals surface area contributed by atoms with E-state index < -0.39 is 43.1 Å². The summed E-state index contributed by atoms with van der Waals surface area (Å²) in [6.07, 6.45) is -7.94. The molecule has 11 nitrogen and oxygen atoms in total. The molecule has 2 heterocycles. The number of amides is 1. The molecule has 1 fully saturated rings. The molecule has 40 heavy (non-hydrogen) atoms. The van der Waals surface area contributed by atoms with Crippen LogP contribution in [0, 0.1) is 0 Å². The number of halogens is 3. The molecular weight excluding hydrogens is 537 g/mol. The van der Waals surface area contributed by atoms with Gasteiger partial charge in [-0.05, 0) is 62.4 Å². The third-order valence-electron chi connectivity index (χ3n) is 6.34. The van der Waals surface area contributed by atoms with Gasteiger partial charge in [0.05, 0.1) is 11.8 Å². The zero-order chi connectivity index (χ0) is 29.0. The highest BCUT2D eigenvalue weighted by atomic mass is 19.4. The van der Waals surface area contributed by atoms with Gasteiger partial charge in [-0.3, -0.25) is 0 Å². The Kier molecular flexibility index (Phi) is 8.93. The average molecular weight is 567 g/mol. The summed E-state index contributed by atoms with van der Waals surface area (Å²) in [7, 11) is 2.99. The molecule has 0 spiro atoms. The number of carbonyl (C=O) groups is 1. The minimum Gasteiger partial charge on any atom is -0.465 e. The molecule has 0 unspecified atom stereocenters. The predicted molar refractivity (Wildman–Crippen MR) is 135 cm³/mol. The Morgan fingerprint density at radius 1 is 1.05 bits per heavy atom. The second-order valence-electron chi connectivity index (χ2n) is 8.81. The van der Waals surface area contributed by atoms with Crippen LogP contribution in [0.25, 0.3) is 17.1 Å². The van der Waals surface area contributed by atoms with E-state index in [-0.39, 0.29) is 5.75 Å². The summed E-state index contributed by atoms with van der Waals surface area (Å²) in [5.41, 5.74) is 1.37. The van der Waals surface area contributed by atoms with Crippen molar-refractivity contribution in [1.82, 2.24) is 14.8 Å². The maximum absolute atomic E-state index is 12.4. The summed E-state index contributed by atoms with van der Waals surface area (Å²) < 4.78 is 65.6. The van der Waals surface area contributed by atoms with Crippen LogP contribution in [0.5, 0.6) is 5.75 Å². The van der Waals surface area contributed by atoms with E-state index in [1.807, 2.05) is 6.92 Å². The summed E-state index contributed by atoms with van der Waals surface area (Å²) in [5.74, 6) is -0.0340. The number of ether oxygens (including phenoxy) is 5. The van der Waals surface area contributed by atoms with Gasteiger partial charge >= 0.3 is 12.5 Å². The van der Waals surface area contributed by atoms with Crippen molar-refractivity contribution in [2.45, 2.75) is 50.9 Å². The molecule has 2 aromatic carbocycles. The van der Waals surface area contributed by atoms with E-state index in [1.165, 1.54) is 49.5 Å². The van der Waals surface area contributed by atoms with Crippen molar-refractivity contribution in [3.05, 3.63) is 54.9 Å². The highest BCUT2D eigenvalue weighted by Crippen LogP contribution is 2.33. The number of carboxylic acid groups (broad SMARTS) is 1. The quantitative estimate of drug-likeness (QED) is 0.400. The lowest BCUT2D eigenvalue weighted by atomic mass is 9.97. The number of benzene rings is 2. The molecule has 1 saturated heterocycles. The third kappa shape index (κ3) is 6.36. The van der Waals surface area contributed by atoms with E-state index in [0.29, 0.717) is 29.4 Å². The summed E-state index contributed by atoms with van der Waals surface area (Å²) in [6.45, 7) is 3.98. The molecule has 5 atom stereocenters. The molecule has 0 radical (unpaired) electrons. The van der Waals surface area contributed by atoms with Crippen LogP contribution < -0.4 is 9.64 Å². The number of nitrogens with zero attached hydrogens (tertiary/aromatic N) is 4. The predicted octanol–water partition coefficient (Wildman–Crippen LogP) is 4.50. The normalized spacial score (nSPS) is 23.1. The molecule has 0 aliphatic carbocycles. The fraction of sp³-hybridized carbons (Fsp3) is 0.423. The first-order valence-corrected chi connectivity index (χ1v) is 12.3. The number of hydrogen-bond acceptors (Lipinski definition) is 8. The number of methoxy groups -OCH3 is 2. The van der Waals surface area contributed by atoms with E-state index in [0.717, 1.165) is 4.90 Å². The van der Waals surface area contributed by atoms with Crippen molar-refractivity contribution in [2.24, 2.45) is 0 Å². The zero-order valence-corrected chi connectivity index (χ0v) is 22.1. The fourth-order valence-corrected chi connectivity index (χ4v) is 4.61. The van der Waals surface area contributed by atoms with Crippen molar-refractivity contribution in [3.63, 3.8) is 0 Å². The SMILES string of the molecule is CCO[C@H]1[C@@H](OC)[C@H](N(C(=O)O)c2ccc(-c3ncn(-c4ccc(OC(F)(F)F)cc4)n3)cc2)O[C@H](C)[C@H]1OC. The number of rotatable bonds is 9. The number of alkyl halides is 3. The van der Waals surface area contributed by atoms with Crippen LogP contribution in [0.15, 0.2) is 54.9 Å². The molecule has 0 saturated carbocycles. The minimum absolute atomic E-state index is 0.320. The zero-order valence-electron chi connectivity index (χ0n) is 22.1. The first-order chi connectivity index (χ1) is 19.1. The summed E-state index contributed by atoms with van der Waals surface area (Å²) in [4.78, 5) is 17.8. The van der Waals surface area contributed by atoms with Crippen molar-refractivity contribution in [2.75, 3.05) is 25.7 Å². The molecule has 1 aromatic heterocycles. The summed E-state index contributed by atoms with van der Waals surface area (Å²) in [5, 5.41) is 14.5. The average Bonchev–Trinajstić information content (AvgIpc) is 3.39. The van der Waals surface area contributed by atoms with Gasteiger partial charge < -0.3 is 28.8 Å². The minimum atomic E-state index is -4.78. The Morgan fingerprint density at radius 3 is 2.25 bits per heavy atom. The first-order valence-electron chi connectivity index (χ1n) is 12.3. The van der Waals surface area contributed by atoms with Crippen LogP contribution in [-0.4, -0.2) is 83.8 Å². The van der Waals surface area contributed by atoms with Crippen LogP contribution in [0.4, 0.5) is 23.7 Å². The lowest BCUT2D eigenvalue weighted by Gasteiger charge is -2.47. The van der Waals surface area contributed by atoms with Crippen molar-refractivity contribution in [3.8, 4) is 22.8 Å². The van der Waals surface area contributed by atoms with E-state index in [1.54, 1.807) is 31.2 Å². The van der Waals surface area contributed by atoms with Gasteiger partial charge in [-0.2, -0.15) is 0 Å². The van der Waals surface area contributed by atoms with Gasteiger partial charge in [0.2, 0.25) is 0 Å². The first kappa shape index (κ1) is 29.3. The second-order valence-corrected chi connectivity index (χ2v) is 8.81. The maximum atomic E-state index is 12.4. The van der Waals surface area contributed by atoms with Crippen molar-refractivity contribution in [1.29, 1.82) is 0 Å². The smallest absolute Gasteiger partial charge is 0.465 e.